The second-order valence-corrected chi connectivity index (χ2v) is 4.95. The lowest BCUT2D eigenvalue weighted by molar-refractivity contribution is 0.397. The van der Waals surface area contributed by atoms with Gasteiger partial charge in [-0.1, -0.05) is 6.07 Å². The predicted molar refractivity (Wildman–Crippen MR) is 83.9 cm³/mol. The number of nitrogens with two attached hydrogens (primary N) is 1. The number of pyridine rings is 2. The maximum atomic E-state index is 5.99. The van der Waals surface area contributed by atoms with Crippen LogP contribution in [0.4, 0.5) is 17.2 Å². The Morgan fingerprint density at radius 2 is 1.86 bits per heavy atom. The zero-order valence-corrected chi connectivity index (χ0v) is 12.1. The number of aromatic nitrogens is 2. The average Bonchev–Trinajstić information content (AvgIpc) is 2.56. The maximum Gasteiger partial charge on any atom is 0.214 e. The van der Waals surface area contributed by atoms with E-state index in [-0.39, 0.29) is 0 Å². The van der Waals surface area contributed by atoms with Gasteiger partial charge in [0.15, 0.2) is 0 Å². The number of methoxy groups -OCH3 is 1. The summed E-state index contributed by atoms with van der Waals surface area (Å²) in [7, 11) is 1.64. The van der Waals surface area contributed by atoms with Crippen molar-refractivity contribution in [2.45, 2.75) is 0 Å². The molecule has 110 valence electrons. The minimum atomic E-state index is 0.647. The third-order valence-electron chi connectivity index (χ3n) is 3.69. The van der Waals surface area contributed by atoms with Crippen LogP contribution in [-0.2, 0) is 0 Å². The summed E-state index contributed by atoms with van der Waals surface area (Å²) >= 11 is 0. The Labute approximate surface area is 124 Å². The maximum absolute atomic E-state index is 5.99. The quantitative estimate of drug-likeness (QED) is 0.919. The second kappa shape index (κ2) is 5.87. The molecule has 6 heteroatoms. The molecule has 2 aromatic rings. The minimum absolute atomic E-state index is 0.647. The molecule has 1 fully saturated rings. The average molecular weight is 285 g/mol. The summed E-state index contributed by atoms with van der Waals surface area (Å²) in [5.41, 5.74) is 7.77. The molecule has 0 amide bonds. The summed E-state index contributed by atoms with van der Waals surface area (Å²) in [4.78, 5) is 13.1. The van der Waals surface area contributed by atoms with Crippen LogP contribution in [-0.4, -0.2) is 43.3 Å². The smallest absolute Gasteiger partial charge is 0.214 e. The van der Waals surface area contributed by atoms with Crippen molar-refractivity contribution in [3.8, 4) is 5.88 Å². The fourth-order valence-corrected chi connectivity index (χ4v) is 2.56. The van der Waals surface area contributed by atoms with Crippen molar-refractivity contribution in [3.63, 3.8) is 0 Å². The molecule has 3 heterocycles. The van der Waals surface area contributed by atoms with Gasteiger partial charge in [0.05, 0.1) is 24.7 Å². The van der Waals surface area contributed by atoms with Crippen LogP contribution in [0.15, 0.2) is 36.7 Å². The Kier molecular flexibility index (Phi) is 3.77. The van der Waals surface area contributed by atoms with Crippen LogP contribution >= 0.6 is 0 Å². The van der Waals surface area contributed by atoms with Crippen LogP contribution in [0.3, 0.4) is 0 Å². The van der Waals surface area contributed by atoms with Crippen molar-refractivity contribution < 1.29 is 4.74 Å². The molecule has 21 heavy (non-hydrogen) atoms. The van der Waals surface area contributed by atoms with Gasteiger partial charge in [0.25, 0.3) is 0 Å². The van der Waals surface area contributed by atoms with E-state index in [4.69, 9.17) is 10.5 Å². The number of nitrogen functional groups attached to an aromatic ring is 1. The number of ether oxygens (including phenoxy) is 1. The van der Waals surface area contributed by atoms with Crippen LogP contribution < -0.4 is 20.3 Å². The third kappa shape index (κ3) is 2.84. The van der Waals surface area contributed by atoms with E-state index < -0.39 is 0 Å². The lowest BCUT2D eigenvalue weighted by Crippen LogP contribution is -2.47. The monoisotopic (exact) mass is 285 g/mol. The molecule has 1 saturated heterocycles. The molecule has 1 aliphatic heterocycles. The summed E-state index contributed by atoms with van der Waals surface area (Å²) in [6.45, 7) is 3.63. The summed E-state index contributed by atoms with van der Waals surface area (Å²) in [5.74, 6) is 1.60. The van der Waals surface area contributed by atoms with Gasteiger partial charge in [0.1, 0.15) is 5.82 Å². The molecule has 0 unspecified atom stereocenters. The third-order valence-corrected chi connectivity index (χ3v) is 3.69. The highest BCUT2D eigenvalue weighted by molar-refractivity contribution is 5.66. The van der Waals surface area contributed by atoms with Crippen LogP contribution in [0.25, 0.3) is 0 Å². The van der Waals surface area contributed by atoms with E-state index in [1.165, 1.54) is 0 Å². The highest BCUT2D eigenvalue weighted by Gasteiger charge is 2.19. The van der Waals surface area contributed by atoms with Crippen LogP contribution in [0.1, 0.15) is 0 Å². The first-order valence-corrected chi connectivity index (χ1v) is 6.98. The van der Waals surface area contributed by atoms with Gasteiger partial charge in [-0.25, -0.2) is 0 Å². The molecule has 0 aromatic carbocycles. The number of piperazine rings is 1. The second-order valence-electron chi connectivity index (χ2n) is 4.95. The number of anilines is 3. The molecule has 3 rings (SSSR count). The molecule has 0 spiro atoms. The Balaban J connectivity index is 1.69. The lowest BCUT2D eigenvalue weighted by Gasteiger charge is -2.37. The standard InChI is InChI=1S/C15H19N5O/c1-21-15-4-2-3-14(18-15)20-9-7-19(8-10-20)13-5-6-17-11-12(13)16/h2-6,11H,7-10,16H2,1H3. The first kappa shape index (κ1) is 13.5. The zero-order valence-electron chi connectivity index (χ0n) is 12.1. The normalized spacial score (nSPS) is 15.1. The molecule has 2 N–H and O–H groups in total. The van der Waals surface area contributed by atoms with Gasteiger partial charge < -0.3 is 20.3 Å². The van der Waals surface area contributed by atoms with Gasteiger partial charge in [-0.15, -0.1) is 0 Å². The molecule has 0 saturated carbocycles. The minimum Gasteiger partial charge on any atom is -0.481 e. The molecule has 6 nitrogen and oxygen atoms in total. The van der Waals surface area contributed by atoms with Gasteiger partial charge in [-0.3, -0.25) is 4.98 Å². The molecular weight excluding hydrogens is 266 g/mol. The fraction of sp³-hybridized carbons (Fsp3) is 0.333. The molecule has 0 aliphatic carbocycles. The first-order chi connectivity index (χ1) is 10.3. The van der Waals surface area contributed by atoms with Crippen molar-refractivity contribution in [2.75, 3.05) is 48.8 Å². The summed E-state index contributed by atoms with van der Waals surface area (Å²) in [6.07, 6.45) is 3.48. The van der Waals surface area contributed by atoms with E-state index >= 15 is 0 Å². The fourth-order valence-electron chi connectivity index (χ4n) is 2.56. The zero-order chi connectivity index (χ0) is 14.7. The molecule has 1 aliphatic rings. The predicted octanol–water partition coefficient (Wildman–Crippen LogP) is 1.39. The molecule has 0 bridgehead atoms. The Morgan fingerprint density at radius 3 is 2.57 bits per heavy atom. The van der Waals surface area contributed by atoms with Crippen molar-refractivity contribution in [1.82, 2.24) is 9.97 Å². The topological polar surface area (TPSA) is 67.5 Å². The van der Waals surface area contributed by atoms with E-state index in [1.807, 2.05) is 24.3 Å². The molecule has 2 aromatic heterocycles. The van der Waals surface area contributed by atoms with E-state index in [0.717, 1.165) is 43.4 Å². The summed E-state index contributed by atoms with van der Waals surface area (Å²) < 4.78 is 5.18. The van der Waals surface area contributed by atoms with Gasteiger partial charge in [0.2, 0.25) is 5.88 Å². The van der Waals surface area contributed by atoms with E-state index in [1.54, 1.807) is 19.5 Å². The Hall–Kier alpha value is -2.50. The van der Waals surface area contributed by atoms with E-state index in [2.05, 4.69) is 19.8 Å². The highest BCUT2D eigenvalue weighted by atomic mass is 16.5. The van der Waals surface area contributed by atoms with Crippen molar-refractivity contribution in [1.29, 1.82) is 0 Å². The Bertz CT molecular complexity index is 611. The number of hydrogen-bond acceptors (Lipinski definition) is 6. The SMILES string of the molecule is COc1cccc(N2CCN(c3ccncc3N)CC2)n1. The first-order valence-electron chi connectivity index (χ1n) is 6.98. The molecule has 0 radical (unpaired) electrons. The van der Waals surface area contributed by atoms with E-state index in [9.17, 15) is 0 Å². The van der Waals surface area contributed by atoms with Gasteiger partial charge in [0, 0.05) is 38.4 Å². The van der Waals surface area contributed by atoms with Crippen molar-refractivity contribution in [2.24, 2.45) is 0 Å². The number of hydrogen-bond donors (Lipinski definition) is 1. The van der Waals surface area contributed by atoms with Gasteiger partial charge in [-0.05, 0) is 12.1 Å². The van der Waals surface area contributed by atoms with Gasteiger partial charge in [-0.2, -0.15) is 4.98 Å². The molecule has 0 atom stereocenters. The van der Waals surface area contributed by atoms with E-state index in [0.29, 0.717) is 5.88 Å². The van der Waals surface area contributed by atoms with Gasteiger partial charge >= 0.3 is 0 Å². The molecular formula is C15H19N5O. The summed E-state index contributed by atoms with van der Waals surface area (Å²) in [5, 5.41) is 0. The van der Waals surface area contributed by atoms with Crippen LogP contribution in [0.5, 0.6) is 5.88 Å². The van der Waals surface area contributed by atoms with Crippen molar-refractivity contribution in [3.05, 3.63) is 36.7 Å². The summed E-state index contributed by atoms with van der Waals surface area (Å²) in [6, 6.07) is 7.81. The van der Waals surface area contributed by atoms with Crippen LogP contribution in [0.2, 0.25) is 0 Å². The Morgan fingerprint density at radius 1 is 1.10 bits per heavy atom. The largest absolute Gasteiger partial charge is 0.481 e. The highest BCUT2D eigenvalue weighted by Crippen LogP contribution is 2.24. The van der Waals surface area contributed by atoms with Crippen LogP contribution in [0, 0.1) is 0 Å². The number of rotatable bonds is 3. The number of nitrogens with zero attached hydrogens (tertiary/aromatic N) is 4. The lowest BCUT2D eigenvalue weighted by atomic mass is 10.2. The van der Waals surface area contributed by atoms with Crippen molar-refractivity contribution >= 4 is 17.2 Å².